The van der Waals surface area contributed by atoms with Crippen LogP contribution in [0.2, 0.25) is 0 Å². The van der Waals surface area contributed by atoms with E-state index in [1.54, 1.807) is 0 Å². The van der Waals surface area contributed by atoms with Gasteiger partial charge in [-0.25, -0.2) is 0 Å². The molecule has 0 bridgehead atoms. The molecule has 0 saturated heterocycles. The average molecular weight is 280 g/mol. The van der Waals surface area contributed by atoms with Crippen LogP contribution < -0.4 is 14.8 Å². The third kappa shape index (κ3) is 3.85. The number of ether oxygens (including phenoxy) is 2. The Kier molecular flexibility index (Phi) is 5.23. The SMILES string of the molecule is CC(NCCN(C)C)C(O)c1ccc2c(c1)OCCO2. The van der Waals surface area contributed by atoms with Gasteiger partial charge in [0.15, 0.2) is 11.5 Å². The molecule has 0 aromatic heterocycles. The Morgan fingerprint density at radius 1 is 1.25 bits per heavy atom. The molecule has 5 nitrogen and oxygen atoms in total. The normalized spacial score (nSPS) is 17.1. The van der Waals surface area contributed by atoms with Gasteiger partial charge in [0, 0.05) is 19.1 Å². The molecule has 1 aliphatic heterocycles. The molecule has 1 aromatic carbocycles. The largest absolute Gasteiger partial charge is 0.486 e. The molecule has 0 fully saturated rings. The predicted molar refractivity (Wildman–Crippen MR) is 78.4 cm³/mol. The molecule has 5 heteroatoms. The summed E-state index contributed by atoms with van der Waals surface area (Å²) < 4.78 is 11.0. The zero-order valence-electron chi connectivity index (χ0n) is 12.4. The van der Waals surface area contributed by atoms with Gasteiger partial charge in [-0.1, -0.05) is 6.07 Å². The summed E-state index contributed by atoms with van der Waals surface area (Å²) in [5.74, 6) is 1.47. The topological polar surface area (TPSA) is 54.0 Å². The summed E-state index contributed by atoms with van der Waals surface area (Å²) in [6.07, 6.45) is -0.562. The van der Waals surface area contributed by atoms with Crippen molar-refractivity contribution in [2.24, 2.45) is 0 Å². The molecule has 0 radical (unpaired) electrons. The lowest BCUT2D eigenvalue weighted by Crippen LogP contribution is -2.36. The van der Waals surface area contributed by atoms with Gasteiger partial charge in [-0.2, -0.15) is 0 Å². The van der Waals surface area contributed by atoms with Gasteiger partial charge in [-0.05, 0) is 38.7 Å². The molecule has 0 saturated carbocycles. The number of benzene rings is 1. The fraction of sp³-hybridized carbons (Fsp3) is 0.600. The maximum atomic E-state index is 10.4. The molecular weight excluding hydrogens is 256 g/mol. The summed E-state index contributed by atoms with van der Waals surface area (Å²) >= 11 is 0. The van der Waals surface area contributed by atoms with E-state index in [0.717, 1.165) is 24.4 Å². The number of hydrogen-bond donors (Lipinski definition) is 2. The van der Waals surface area contributed by atoms with E-state index in [-0.39, 0.29) is 6.04 Å². The van der Waals surface area contributed by atoms with Gasteiger partial charge in [0.05, 0.1) is 6.10 Å². The first-order valence-corrected chi connectivity index (χ1v) is 7.03. The van der Waals surface area contributed by atoms with Gasteiger partial charge >= 0.3 is 0 Å². The van der Waals surface area contributed by atoms with Gasteiger partial charge < -0.3 is 24.8 Å². The van der Waals surface area contributed by atoms with E-state index in [2.05, 4.69) is 10.2 Å². The smallest absolute Gasteiger partial charge is 0.161 e. The summed E-state index contributed by atoms with van der Waals surface area (Å²) in [6.45, 7) is 4.91. The maximum absolute atomic E-state index is 10.4. The number of fused-ring (bicyclic) bond motifs is 1. The lowest BCUT2D eigenvalue weighted by atomic mass is 10.0. The highest BCUT2D eigenvalue weighted by Gasteiger charge is 2.19. The molecule has 2 atom stereocenters. The van der Waals surface area contributed by atoms with Crippen LogP contribution in [0.15, 0.2) is 18.2 Å². The first-order valence-electron chi connectivity index (χ1n) is 7.03. The van der Waals surface area contributed by atoms with Crippen LogP contribution in [-0.4, -0.2) is 56.4 Å². The van der Waals surface area contributed by atoms with Gasteiger partial charge in [-0.15, -0.1) is 0 Å². The molecule has 0 aliphatic carbocycles. The zero-order valence-corrected chi connectivity index (χ0v) is 12.4. The van der Waals surface area contributed by atoms with E-state index in [0.29, 0.717) is 19.0 Å². The number of aliphatic hydroxyl groups excluding tert-OH is 1. The van der Waals surface area contributed by atoms with E-state index in [1.807, 2.05) is 39.2 Å². The molecule has 2 rings (SSSR count). The number of aliphatic hydroxyl groups is 1. The molecule has 0 amide bonds. The molecule has 1 heterocycles. The maximum Gasteiger partial charge on any atom is 0.161 e. The molecule has 112 valence electrons. The monoisotopic (exact) mass is 280 g/mol. The predicted octanol–water partition coefficient (Wildman–Crippen LogP) is 1.03. The Balaban J connectivity index is 1.95. The van der Waals surface area contributed by atoms with Crippen LogP contribution in [0.25, 0.3) is 0 Å². The molecule has 1 aromatic rings. The molecule has 20 heavy (non-hydrogen) atoms. The first kappa shape index (κ1) is 15.1. The Morgan fingerprint density at radius 2 is 1.95 bits per heavy atom. The summed E-state index contributed by atoms with van der Waals surface area (Å²) in [6, 6.07) is 5.60. The highest BCUT2D eigenvalue weighted by atomic mass is 16.6. The van der Waals surface area contributed by atoms with Crippen LogP contribution >= 0.6 is 0 Å². The lowest BCUT2D eigenvalue weighted by molar-refractivity contribution is 0.132. The second kappa shape index (κ2) is 6.92. The van der Waals surface area contributed by atoms with Crippen molar-refractivity contribution in [3.8, 4) is 11.5 Å². The molecule has 2 unspecified atom stereocenters. The van der Waals surface area contributed by atoms with E-state index in [1.165, 1.54) is 0 Å². The van der Waals surface area contributed by atoms with Crippen molar-refractivity contribution in [3.63, 3.8) is 0 Å². The Hall–Kier alpha value is -1.30. The number of likely N-dealkylation sites (N-methyl/N-ethyl adjacent to an activating group) is 1. The van der Waals surface area contributed by atoms with Crippen LogP contribution in [0.5, 0.6) is 11.5 Å². The number of nitrogens with zero attached hydrogens (tertiary/aromatic N) is 1. The second-order valence-electron chi connectivity index (χ2n) is 5.39. The number of hydrogen-bond acceptors (Lipinski definition) is 5. The van der Waals surface area contributed by atoms with Crippen molar-refractivity contribution in [2.75, 3.05) is 40.4 Å². The summed E-state index contributed by atoms with van der Waals surface area (Å²) in [7, 11) is 4.06. The standard InChI is InChI=1S/C15H24N2O3/c1-11(16-6-7-17(2)3)15(18)12-4-5-13-14(10-12)20-9-8-19-13/h4-5,10-11,15-16,18H,6-9H2,1-3H3. The fourth-order valence-corrected chi connectivity index (χ4v) is 2.16. The van der Waals surface area contributed by atoms with Gasteiger partial charge in [-0.3, -0.25) is 0 Å². The van der Waals surface area contributed by atoms with Crippen molar-refractivity contribution in [1.29, 1.82) is 0 Å². The van der Waals surface area contributed by atoms with E-state index < -0.39 is 6.10 Å². The lowest BCUT2D eigenvalue weighted by Gasteiger charge is -2.24. The minimum absolute atomic E-state index is 0.0162. The quantitative estimate of drug-likeness (QED) is 0.815. The highest BCUT2D eigenvalue weighted by molar-refractivity contribution is 5.44. The third-order valence-corrected chi connectivity index (χ3v) is 3.41. The van der Waals surface area contributed by atoms with E-state index in [4.69, 9.17) is 9.47 Å². The summed E-state index contributed by atoms with van der Waals surface area (Å²) in [4.78, 5) is 2.11. The Morgan fingerprint density at radius 3 is 2.65 bits per heavy atom. The van der Waals surface area contributed by atoms with Crippen molar-refractivity contribution < 1.29 is 14.6 Å². The van der Waals surface area contributed by atoms with Crippen LogP contribution in [0, 0.1) is 0 Å². The van der Waals surface area contributed by atoms with Crippen molar-refractivity contribution in [2.45, 2.75) is 19.1 Å². The van der Waals surface area contributed by atoms with Crippen LogP contribution in [0.4, 0.5) is 0 Å². The molecule has 0 spiro atoms. The second-order valence-corrected chi connectivity index (χ2v) is 5.39. The molecular formula is C15H24N2O3. The number of rotatable bonds is 6. The zero-order chi connectivity index (χ0) is 14.5. The summed E-state index contributed by atoms with van der Waals surface area (Å²) in [5, 5.41) is 13.7. The van der Waals surface area contributed by atoms with Crippen LogP contribution in [0.1, 0.15) is 18.6 Å². The molecule has 2 N–H and O–H groups in total. The summed E-state index contributed by atoms with van der Waals surface area (Å²) in [5.41, 5.74) is 0.846. The number of nitrogens with one attached hydrogen (secondary N) is 1. The van der Waals surface area contributed by atoms with Gasteiger partial charge in [0.2, 0.25) is 0 Å². The highest BCUT2D eigenvalue weighted by Crippen LogP contribution is 2.33. The van der Waals surface area contributed by atoms with Crippen molar-refractivity contribution in [3.05, 3.63) is 23.8 Å². The minimum Gasteiger partial charge on any atom is -0.486 e. The Bertz CT molecular complexity index is 437. The average Bonchev–Trinajstić information content (AvgIpc) is 2.45. The third-order valence-electron chi connectivity index (χ3n) is 3.41. The van der Waals surface area contributed by atoms with E-state index >= 15 is 0 Å². The minimum atomic E-state index is -0.562. The molecule has 1 aliphatic rings. The van der Waals surface area contributed by atoms with Gasteiger partial charge in [0.1, 0.15) is 13.2 Å². The van der Waals surface area contributed by atoms with Crippen molar-refractivity contribution >= 4 is 0 Å². The first-order chi connectivity index (χ1) is 9.58. The van der Waals surface area contributed by atoms with E-state index in [9.17, 15) is 5.11 Å². The van der Waals surface area contributed by atoms with Crippen LogP contribution in [0.3, 0.4) is 0 Å². The van der Waals surface area contributed by atoms with Crippen molar-refractivity contribution in [1.82, 2.24) is 10.2 Å². The van der Waals surface area contributed by atoms with Gasteiger partial charge in [0.25, 0.3) is 0 Å². The Labute approximate surface area is 120 Å². The fourth-order valence-electron chi connectivity index (χ4n) is 2.16. The van der Waals surface area contributed by atoms with Crippen LogP contribution in [-0.2, 0) is 0 Å².